The van der Waals surface area contributed by atoms with E-state index in [0.717, 1.165) is 31.2 Å². The smallest absolute Gasteiger partial charge is 0.222 e. The van der Waals surface area contributed by atoms with E-state index in [1.807, 2.05) is 6.92 Å². The number of fused-ring (bicyclic) bond motifs is 1. The molecule has 0 aromatic carbocycles. The van der Waals surface area contributed by atoms with Gasteiger partial charge in [0.15, 0.2) is 0 Å². The average molecular weight is 240 g/mol. The molecule has 0 spiro atoms. The van der Waals surface area contributed by atoms with Crippen LogP contribution in [-0.4, -0.2) is 38.3 Å². The van der Waals surface area contributed by atoms with E-state index in [1.54, 1.807) is 0 Å². The third-order valence-corrected chi connectivity index (χ3v) is 4.00. The molecule has 1 heterocycles. The SMILES string of the molecule is CCOCCC(=O)NC1CC[C@H]2CNC[C@H]2C1. The molecule has 1 aliphatic carbocycles. The third kappa shape index (κ3) is 3.68. The first-order valence-corrected chi connectivity index (χ1v) is 6.87. The molecule has 4 heteroatoms. The van der Waals surface area contributed by atoms with Gasteiger partial charge in [-0.2, -0.15) is 0 Å². The van der Waals surface area contributed by atoms with Gasteiger partial charge in [0.1, 0.15) is 0 Å². The molecule has 1 unspecified atom stereocenters. The van der Waals surface area contributed by atoms with Gasteiger partial charge >= 0.3 is 0 Å². The average Bonchev–Trinajstić information content (AvgIpc) is 2.76. The normalized spacial score (nSPS) is 32.2. The molecule has 2 N–H and O–H groups in total. The summed E-state index contributed by atoms with van der Waals surface area (Å²) in [5.41, 5.74) is 0. The second-order valence-corrected chi connectivity index (χ2v) is 5.20. The van der Waals surface area contributed by atoms with Crippen molar-refractivity contribution in [2.75, 3.05) is 26.3 Å². The Morgan fingerprint density at radius 1 is 1.35 bits per heavy atom. The second-order valence-electron chi connectivity index (χ2n) is 5.20. The highest BCUT2D eigenvalue weighted by Crippen LogP contribution is 2.32. The molecular formula is C13H24N2O2. The number of nitrogens with one attached hydrogen (secondary N) is 2. The Morgan fingerprint density at radius 2 is 2.18 bits per heavy atom. The number of carbonyl (C=O) groups is 1. The van der Waals surface area contributed by atoms with E-state index in [9.17, 15) is 4.79 Å². The van der Waals surface area contributed by atoms with Crippen LogP contribution < -0.4 is 10.6 Å². The van der Waals surface area contributed by atoms with E-state index in [-0.39, 0.29) is 5.91 Å². The predicted molar refractivity (Wildman–Crippen MR) is 66.7 cm³/mol. The van der Waals surface area contributed by atoms with Gasteiger partial charge in [0.2, 0.25) is 5.91 Å². The van der Waals surface area contributed by atoms with Gasteiger partial charge in [0.05, 0.1) is 6.61 Å². The quantitative estimate of drug-likeness (QED) is 0.703. The minimum absolute atomic E-state index is 0.146. The van der Waals surface area contributed by atoms with Gasteiger partial charge in [-0.15, -0.1) is 0 Å². The molecule has 1 saturated heterocycles. The first-order valence-electron chi connectivity index (χ1n) is 6.87. The van der Waals surface area contributed by atoms with Crippen molar-refractivity contribution in [3.05, 3.63) is 0 Å². The summed E-state index contributed by atoms with van der Waals surface area (Å²) in [6.07, 6.45) is 4.05. The number of hydrogen-bond acceptors (Lipinski definition) is 3. The lowest BCUT2D eigenvalue weighted by atomic mass is 9.79. The maximum atomic E-state index is 11.7. The van der Waals surface area contributed by atoms with Crippen LogP contribution in [0.25, 0.3) is 0 Å². The monoisotopic (exact) mass is 240 g/mol. The molecule has 0 aromatic heterocycles. The Balaban J connectivity index is 1.67. The summed E-state index contributed by atoms with van der Waals surface area (Å²) in [5, 5.41) is 6.59. The van der Waals surface area contributed by atoms with Crippen LogP contribution in [0.4, 0.5) is 0 Å². The van der Waals surface area contributed by atoms with Crippen LogP contribution in [0.3, 0.4) is 0 Å². The molecule has 1 amide bonds. The molecule has 2 rings (SSSR count). The topological polar surface area (TPSA) is 50.4 Å². The Hall–Kier alpha value is -0.610. The maximum Gasteiger partial charge on any atom is 0.222 e. The van der Waals surface area contributed by atoms with E-state index in [0.29, 0.717) is 25.7 Å². The van der Waals surface area contributed by atoms with Gasteiger partial charge in [-0.05, 0) is 51.1 Å². The molecule has 2 aliphatic rings. The highest BCUT2D eigenvalue weighted by Gasteiger charge is 2.33. The van der Waals surface area contributed by atoms with Gasteiger partial charge in [-0.3, -0.25) is 4.79 Å². The molecule has 0 aromatic rings. The van der Waals surface area contributed by atoms with Crippen molar-refractivity contribution in [1.82, 2.24) is 10.6 Å². The lowest BCUT2D eigenvalue weighted by Gasteiger charge is -2.31. The fourth-order valence-electron chi connectivity index (χ4n) is 3.04. The Kier molecular flexibility index (Phi) is 4.80. The lowest BCUT2D eigenvalue weighted by Crippen LogP contribution is -2.40. The minimum Gasteiger partial charge on any atom is -0.381 e. The Morgan fingerprint density at radius 3 is 3.00 bits per heavy atom. The molecule has 1 aliphatic heterocycles. The zero-order valence-electron chi connectivity index (χ0n) is 10.7. The highest BCUT2D eigenvalue weighted by atomic mass is 16.5. The molecule has 2 fully saturated rings. The molecule has 1 saturated carbocycles. The lowest BCUT2D eigenvalue weighted by molar-refractivity contribution is -0.123. The number of hydrogen-bond donors (Lipinski definition) is 2. The summed E-state index contributed by atoms with van der Waals surface area (Å²) < 4.78 is 5.19. The van der Waals surface area contributed by atoms with Crippen LogP contribution in [0.15, 0.2) is 0 Å². The number of amides is 1. The minimum atomic E-state index is 0.146. The summed E-state index contributed by atoms with van der Waals surface area (Å²) >= 11 is 0. The van der Waals surface area contributed by atoms with E-state index < -0.39 is 0 Å². The van der Waals surface area contributed by atoms with Crippen molar-refractivity contribution in [1.29, 1.82) is 0 Å². The van der Waals surface area contributed by atoms with Crippen LogP contribution >= 0.6 is 0 Å². The van der Waals surface area contributed by atoms with Gasteiger partial charge in [0, 0.05) is 19.1 Å². The summed E-state index contributed by atoms with van der Waals surface area (Å²) in [4.78, 5) is 11.7. The van der Waals surface area contributed by atoms with Crippen molar-refractivity contribution < 1.29 is 9.53 Å². The Bertz CT molecular complexity index is 258. The van der Waals surface area contributed by atoms with E-state index >= 15 is 0 Å². The van der Waals surface area contributed by atoms with E-state index in [4.69, 9.17) is 4.74 Å². The maximum absolute atomic E-state index is 11.7. The second kappa shape index (κ2) is 6.36. The zero-order chi connectivity index (χ0) is 12.1. The first-order chi connectivity index (χ1) is 8.29. The number of ether oxygens (including phenoxy) is 1. The summed E-state index contributed by atoms with van der Waals surface area (Å²) in [7, 11) is 0. The van der Waals surface area contributed by atoms with E-state index in [1.165, 1.54) is 13.0 Å². The van der Waals surface area contributed by atoms with Gasteiger partial charge in [-0.1, -0.05) is 0 Å². The van der Waals surface area contributed by atoms with Crippen molar-refractivity contribution in [3.63, 3.8) is 0 Å². The molecule has 0 radical (unpaired) electrons. The van der Waals surface area contributed by atoms with Gasteiger partial charge < -0.3 is 15.4 Å². The van der Waals surface area contributed by atoms with E-state index in [2.05, 4.69) is 10.6 Å². The molecule has 98 valence electrons. The van der Waals surface area contributed by atoms with Crippen LogP contribution in [-0.2, 0) is 9.53 Å². The first kappa shape index (κ1) is 12.8. The van der Waals surface area contributed by atoms with Crippen LogP contribution in [0, 0.1) is 11.8 Å². The standard InChI is InChI=1S/C13H24N2O2/c1-2-17-6-5-13(16)15-12-4-3-10-8-14-9-11(10)7-12/h10-12,14H,2-9H2,1H3,(H,15,16)/t10-,11+,12?/m0/s1. The number of rotatable bonds is 5. The molecule has 3 atom stereocenters. The molecule has 17 heavy (non-hydrogen) atoms. The fraction of sp³-hybridized carbons (Fsp3) is 0.923. The predicted octanol–water partition coefficient (Wildman–Crippen LogP) is 0.917. The van der Waals surface area contributed by atoms with Crippen LogP contribution in [0.5, 0.6) is 0 Å². The summed E-state index contributed by atoms with van der Waals surface area (Å²) in [6.45, 7) is 5.49. The van der Waals surface area contributed by atoms with Crippen molar-refractivity contribution in [3.8, 4) is 0 Å². The van der Waals surface area contributed by atoms with Crippen molar-refractivity contribution in [2.45, 2.75) is 38.6 Å². The van der Waals surface area contributed by atoms with Crippen molar-refractivity contribution >= 4 is 5.91 Å². The summed E-state index contributed by atoms with van der Waals surface area (Å²) in [5.74, 6) is 1.78. The van der Waals surface area contributed by atoms with Gasteiger partial charge in [-0.25, -0.2) is 0 Å². The Labute approximate surface area is 103 Å². The molecular weight excluding hydrogens is 216 g/mol. The van der Waals surface area contributed by atoms with Crippen LogP contribution in [0.2, 0.25) is 0 Å². The summed E-state index contributed by atoms with van der Waals surface area (Å²) in [6, 6.07) is 0.394. The van der Waals surface area contributed by atoms with Crippen LogP contribution in [0.1, 0.15) is 32.6 Å². The fourth-order valence-corrected chi connectivity index (χ4v) is 3.04. The highest BCUT2D eigenvalue weighted by molar-refractivity contribution is 5.76. The third-order valence-electron chi connectivity index (χ3n) is 4.00. The van der Waals surface area contributed by atoms with Crippen molar-refractivity contribution in [2.24, 2.45) is 11.8 Å². The van der Waals surface area contributed by atoms with Gasteiger partial charge in [0.25, 0.3) is 0 Å². The molecule has 0 bridgehead atoms. The zero-order valence-corrected chi connectivity index (χ0v) is 10.7. The largest absolute Gasteiger partial charge is 0.381 e. The number of carbonyl (C=O) groups excluding carboxylic acids is 1. The molecule has 4 nitrogen and oxygen atoms in total.